The number of nitrogens with zero attached hydrogens (tertiary/aromatic N) is 2. The van der Waals surface area contributed by atoms with Gasteiger partial charge in [0.15, 0.2) is 5.16 Å². The summed E-state index contributed by atoms with van der Waals surface area (Å²) in [6, 6.07) is 11.8. The molecule has 1 aromatic carbocycles. The van der Waals surface area contributed by atoms with Crippen molar-refractivity contribution in [2.24, 2.45) is 7.05 Å². The maximum absolute atomic E-state index is 13.0. The first kappa shape index (κ1) is 19.9. The quantitative estimate of drug-likeness (QED) is 0.337. The van der Waals surface area contributed by atoms with E-state index in [-0.39, 0.29) is 17.2 Å². The summed E-state index contributed by atoms with van der Waals surface area (Å²) < 4.78 is 1.53. The van der Waals surface area contributed by atoms with Crippen LogP contribution in [0.15, 0.2) is 57.1 Å². The summed E-state index contributed by atoms with van der Waals surface area (Å²) in [5, 5.41) is 8.07. The van der Waals surface area contributed by atoms with E-state index in [1.165, 1.54) is 33.2 Å². The highest BCUT2D eigenvalue weighted by atomic mass is 32.2. The summed E-state index contributed by atoms with van der Waals surface area (Å²) in [5.74, 6) is 0.0636. The van der Waals surface area contributed by atoms with Gasteiger partial charge in [0.1, 0.15) is 4.83 Å². The Hall–Kier alpha value is -2.42. The van der Waals surface area contributed by atoms with Crippen molar-refractivity contribution >= 4 is 56.2 Å². The maximum atomic E-state index is 13.0. The zero-order valence-corrected chi connectivity index (χ0v) is 18.4. The Morgan fingerprint density at radius 1 is 1.24 bits per heavy atom. The molecule has 1 N–H and O–H groups in total. The molecule has 3 heterocycles. The number of carbonyl (C=O) groups is 1. The van der Waals surface area contributed by atoms with Crippen molar-refractivity contribution in [1.82, 2.24) is 9.55 Å². The summed E-state index contributed by atoms with van der Waals surface area (Å²) >= 11 is 4.33. The number of amides is 1. The largest absolute Gasteiger partial charge is 0.325 e. The van der Waals surface area contributed by atoms with Gasteiger partial charge in [-0.2, -0.15) is 0 Å². The number of nitrogens with one attached hydrogen (secondary N) is 1. The molecule has 0 unspecified atom stereocenters. The number of thiophene rings is 2. The van der Waals surface area contributed by atoms with Crippen LogP contribution in [-0.4, -0.2) is 21.2 Å². The molecule has 0 fully saturated rings. The minimum Gasteiger partial charge on any atom is -0.325 e. The van der Waals surface area contributed by atoms with Crippen LogP contribution in [0.5, 0.6) is 0 Å². The number of fused-ring (bicyclic) bond motifs is 1. The molecule has 0 bridgehead atoms. The SMILES string of the molecule is CCc1cccc(NC(=O)CSc2nc3scc(-c4cccs4)c3c(=O)n2C)c1. The van der Waals surface area contributed by atoms with Gasteiger partial charge >= 0.3 is 0 Å². The van der Waals surface area contributed by atoms with Crippen molar-refractivity contribution in [2.45, 2.75) is 18.5 Å². The molecule has 0 aliphatic heterocycles. The van der Waals surface area contributed by atoms with Crippen LogP contribution in [0.25, 0.3) is 20.7 Å². The second kappa shape index (κ2) is 8.52. The van der Waals surface area contributed by atoms with Crippen molar-refractivity contribution in [3.8, 4) is 10.4 Å². The van der Waals surface area contributed by atoms with Gasteiger partial charge in [0, 0.05) is 28.6 Å². The van der Waals surface area contributed by atoms with E-state index in [2.05, 4.69) is 17.2 Å². The summed E-state index contributed by atoms with van der Waals surface area (Å²) in [7, 11) is 1.70. The molecule has 1 amide bonds. The van der Waals surface area contributed by atoms with Gasteiger partial charge in [-0.1, -0.05) is 36.9 Å². The molecule has 0 aliphatic carbocycles. The Bertz CT molecular complexity index is 1230. The molecule has 0 saturated carbocycles. The molecular formula is C21H19N3O2S3. The zero-order chi connectivity index (χ0) is 20.4. The highest BCUT2D eigenvalue weighted by molar-refractivity contribution is 7.99. The molecule has 8 heteroatoms. The average molecular weight is 442 g/mol. The first-order chi connectivity index (χ1) is 14.1. The van der Waals surface area contributed by atoms with E-state index in [1.54, 1.807) is 18.4 Å². The Morgan fingerprint density at radius 2 is 2.10 bits per heavy atom. The fraction of sp³-hybridized carbons (Fsp3) is 0.190. The molecule has 0 atom stereocenters. The minimum atomic E-state index is -0.122. The van der Waals surface area contributed by atoms with Crippen molar-refractivity contribution in [3.63, 3.8) is 0 Å². The average Bonchev–Trinajstić information content (AvgIpc) is 3.39. The predicted molar refractivity (Wildman–Crippen MR) is 123 cm³/mol. The smallest absolute Gasteiger partial charge is 0.263 e. The monoisotopic (exact) mass is 441 g/mol. The van der Waals surface area contributed by atoms with Crippen LogP contribution in [0.2, 0.25) is 0 Å². The Labute approximate surface area is 180 Å². The molecule has 0 saturated heterocycles. The van der Waals surface area contributed by atoms with Gasteiger partial charge < -0.3 is 5.32 Å². The lowest BCUT2D eigenvalue weighted by Gasteiger charge is -2.09. The third-order valence-electron chi connectivity index (χ3n) is 4.51. The van der Waals surface area contributed by atoms with Crippen LogP contribution in [0, 0.1) is 0 Å². The topological polar surface area (TPSA) is 64.0 Å². The number of hydrogen-bond acceptors (Lipinski definition) is 6. The number of hydrogen-bond donors (Lipinski definition) is 1. The van der Waals surface area contributed by atoms with Crippen LogP contribution in [0.4, 0.5) is 5.69 Å². The lowest BCUT2D eigenvalue weighted by atomic mass is 10.1. The molecule has 3 aromatic heterocycles. The zero-order valence-electron chi connectivity index (χ0n) is 16.0. The van der Waals surface area contributed by atoms with Crippen molar-refractivity contribution < 1.29 is 4.79 Å². The van der Waals surface area contributed by atoms with Crippen LogP contribution in [0.3, 0.4) is 0 Å². The van der Waals surface area contributed by atoms with Gasteiger partial charge in [-0.05, 0) is 35.6 Å². The molecule has 4 aromatic rings. The fourth-order valence-electron chi connectivity index (χ4n) is 2.99. The number of benzene rings is 1. The first-order valence-electron chi connectivity index (χ1n) is 9.10. The van der Waals surface area contributed by atoms with E-state index in [1.807, 2.05) is 47.2 Å². The van der Waals surface area contributed by atoms with E-state index in [4.69, 9.17) is 0 Å². The number of carbonyl (C=O) groups excluding carboxylic acids is 1. The van der Waals surface area contributed by atoms with Crippen LogP contribution >= 0.6 is 34.4 Å². The summed E-state index contributed by atoms with van der Waals surface area (Å²) in [5.41, 5.74) is 2.80. The maximum Gasteiger partial charge on any atom is 0.263 e. The Balaban J connectivity index is 1.53. The summed E-state index contributed by atoms with van der Waals surface area (Å²) in [6.07, 6.45) is 0.915. The van der Waals surface area contributed by atoms with Gasteiger partial charge in [-0.3, -0.25) is 14.2 Å². The van der Waals surface area contributed by atoms with Crippen molar-refractivity contribution in [1.29, 1.82) is 0 Å². The van der Waals surface area contributed by atoms with E-state index in [0.29, 0.717) is 15.4 Å². The van der Waals surface area contributed by atoms with Gasteiger partial charge in [-0.25, -0.2) is 4.98 Å². The Kier molecular flexibility index (Phi) is 5.84. The van der Waals surface area contributed by atoms with E-state index >= 15 is 0 Å². The van der Waals surface area contributed by atoms with Gasteiger partial charge in [0.2, 0.25) is 5.91 Å². The van der Waals surface area contributed by atoms with Crippen LogP contribution < -0.4 is 10.9 Å². The highest BCUT2D eigenvalue weighted by Gasteiger charge is 2.17. The highest BCUT2D eigenvalue weighted by Crippen LogP contribution is 2.34. The lowest BCUT2D eigenvalue weighted by Crippen LogP contribution is -2.21. The molecule has 0 spiro atoms. The second-order valence-electron chi connectivity index (χ2n) is 6.46. The molecule has 29 heavy (non-hydrogen) atoms. The standard InChI is InChI=1S/C21H19N3O2S3/c1-3-13-6-4-7-14(10-13)22-17(25)12-29-21-23-19-18(20(26)24(21)2)15(11-28-19)16-8-5-9-27-16/h4-11H,3,12H2,1-2H3,(H,22,25). The predicted octanol–water partition coefficient (Wildman–Crippen LogP) is 5.02. The number of aromatic nitrogens is 2. The van der Waals surface area contributed by atoms with E-state index < -0.39 is 0 Å². The molecule has 5 nitrogen and oxygen atoms in total. The summed E-state index contributed by atoms with van der Waals surface area (Å²) in [6.45, 7) is 2.08. The third kappa shape index (κ3) is 4.14. The van der Waals surface area contributed by atoms with Crippen LogP contribution in [-0.2, 0) is 18.3 Å². The normalized spacial score (nSPS) is 11.1. The number of aryl methyl sites for hydroxylation is 1. The molecule has 148 valence electrons. The summed E-state index contributed by atoms with van der Waals surface area (Å²) in [4.78, 5) is 31.7. The van der Waals surface area contributed by atoms with E-state index in [0.717, 1.165) is 22.5 Å². The lowest BCUT2D eigenvalue weighted by molar-refractivity contribution is -0.113. The third-order valence-corrected chi connectivity index (χ3v) is 7.32. The first-order valence-corrected chi connectivity index (χ1v) is 11.8. The molecule has 0 aliphatic rings. The van der Waals surface area contributed by atoms with E-state index in [9.17, 15) is 9.59 Å². The Morgan fingerprint density at radius 3 is 2.86 bits per heavy atom. The fourth-order valence-corrected chi connectivity index (χ4v) is 5.57. The van der Waals surface area contributed by atoms with Crippen molar-refractivity contribution in [3.05, 3.63) is 63.1 Å². The molecule has 4 rings (SSSR count). The molecule has 0 radical (unpaired) electrons. The van der Waals surface area contributed by atoms with Gasteiger partial charge in [0.25, 0.3) is 5.56 Å². The second-order valence-corrected chi connectivity index (χ2v) is 9.20. The van der Waals surface area contributed by atoms with Crippen LogP contribution in [0.1, 0.15) is 12.5 Å². The number of rotatable bonds is 6. The number of thioether (sulfide) groups is 1. The van der Waals surface area contributed by atoms with Gasteiger partial charge in [0.05, 0.1) is 11.1 Å². The minimum absolute atomic E-state index is 0.0850. The van der Waals surface area contributed by atoms with Gasteiger partial charge in [-0.15, -0.1) is 22.7 Å². The van der Waals surface area contributed by atoms with Crippen molar-refractivity contribution in [2.75, 3.05) is 11.1 Å². The molecular weight excluding hydrogens is 422 g/mol. The number of anilines is 1.